The third-order valence-electron chi connectivity index (χ3n) is 4.82. The van der Waals surface area contributed by atoms with Gasteiger partial charge in [0, 0.05) is 16.6 Å². The van der Waals surface area contributed by atoms with Gasteiger partial charge < -0.3 is 9.30 Å². The van der Waals surface area contributed by atoms with Gasteiger partial charge in [-0.1, -0.05) is 57.9 Å². The van der Waals surface area contributed by atoms with E-state index in [-0.39, 0.29) is 0 Å². The van der Waals surface area contributed by atoms with E-state index in [4.69, 9.17) is 9.72 Å². The van der Waals surface area contributed by atoms with E-state index >= 15 is 0 Å². The van der Waals surface area contributed by atoms with Crippen LogP contribution in [0.25, 0.3) is 22.4 Å². The summed E-state index contributed by atoms with van der Waals surface area (Å²) in [6.45, 7) is 3.73. The van der Waals surface area contributed by atoms with Crippen LogP contribution in [0.2, 0.25) is 0 Å². The van der Waals surface area contributed by atoms with Gasteiger partial charge in [0.2, 0.25) is 0 Å². The third kappa shape index (κ3) is 4.28. The van der Waals surface area contributed by atoms with Crippen molar-refractivity contribution >= 4 is 27.0 Å². The van der Waals surface area contributed by atoms with Gasteiger partial charge in [0.15, 0.2) is 0 Å². The minimum absolute atomic E-state index is 0.726. The Hall–Kier alpha value is -2.59. The van der Waals surface area contributed by atoms with Crippen LogP contribution >= 0.6 is 15.9 Å². The van der Waals surface area contributed by atoms with Gasteiger partial charge >= 0.3 is 0 Å². The largest absolute Gasteiger partial charge is 0.494 e. The van der Waals surface area contributed by atoms with Crippen LogP contribution in [-0.2, 0) is 6.54 Å². The Morgan fingerprint density at radius 2 is 1.64 bits per heavy atom. The number of hydrogen-bond donors (Lipinski definition) is 0. The molecule has 1 aromatic heterocycles. The first-order chi connectivity index (χ1) is 13.7. The molecule has 1 heterocycles. The van der Waals surface area contributed by atoms with Crippen molar-refractivity contribution in [1.82, 2.24) is 9.55 Å². The quantitative estimate of drug-likeness (QED) is 0.305. The topological polar surface area (TPSA) is 27.1 Å². The first kappa shape index (κ1) is 18.8. The Kier molecular flexibility index (Phi) is 5.77. The number of unbranched alkanes of at least 4 members (excludes halogenated alkanes) is 1. The van der Waals surface area contributed by atoms with Crippen molar-refractivity contribution in [3.8, 4) is 17.1 Å². The molecule has 0 N–H and O–H groups in total. The molecule has 3 aromatic carbocycles. The molecule has 0 bridgehead atoms. The summed E-state index contributed by atoms with van der Waals surface area (Å²) in [6.07, 6.45) is 2.04. The number of para-hydroxylation sites is 2. The summed E-state index contributed by atoms with van der Waals surface area (Å²) >= 11 is 3.51. The van der Waals surface area contributed by atoms with Crippen LogP contribution in [0, 0.1) is 6.92 Å². The molecular formula is C24H23BrN2O. The third-order valence-corrected chi connectivity index (χ3v) is 5.35. The Morgan fingerprint density at radius 3 is 2.43 bits per heavy atom. The number of benzene rings is 3. The zero-order chi connectivity index (χ0) is 19.3. The minimum atomic E-state index is 0.726. The lowest BCUT2D eigenvalue weighted by molar-refractivity contribution is 0.303. The van der Waals surface area contributed by atoms with Crippen LogP contribution in [0.5, 0.6) is 5.75 Å². The van der Waals surface area contributed by atoms with E-state index in [1.54, 1.807) is 0 Å². The predicted octanol–water partition coefficient (Wildman–Crippen LogP) is 6.63. The number of ether oxygens (including phenoxy) is 1. The van der Waals surface area contributed by atoms with Crippen LogP contribution in [0.1, 0.15) is 18.4 Å². The molecule has 0 saturated carbocycles. The standard InChI is InChI=1S/C24H23BrN2O/c1-18-8-14-21(15-9-18)28-17-5-4-16-27-23-7-3-2-6-22(23)26-24(27)19-10-12-20(25)13-11-19/h2-3,6-15H,4-5,16-17H2,1H3. The molecule has 4 heteroatoms. The van der Waals surface area contributed by atoms with Gasteiger partial charge in [0.05, 0.1) is 17.6 Å². The fourth-order valence-electron chi connectivity index (χ4n) is 3.32. The Morgan fingerprint density at radius 1 is 0.893 bits per heavy atom. The van der Waals surface area contributed by atoms with E-state index in [0.717, 1.165) is 53.1 Å². The summed E-state index contributed by atoms with van der Waals surface area (Å²) in [5, 5.41) is 0. The van der Waals surface area contributed by atoms with Crippen LogP contribution in [0.15, 0.2) is 77.3 Å². The van der Waals surface area contributed by atoms with Crippen LogP contribution in [-0.4, -0.2) is 16.2 Å². The second-order valence-electron chi connectivity index (χ2n) is 6.95. The molecule has 28 heavy (non-hydrogen) atoms. The molecule has 3 nitrogen and oxygen atoms in total. The highest BCUT2D eigenvalue weighted by Crippen LogP contribution is 2.26. The normalized spacial score (nSPS) is 11.1. The number of nitrogens with zero attached hydrogens (tertiary/aromatic N) is 2. The van der Waals surface area contributed by atoms with E-state index in [2.05, 4.69) is 82.0 Å². The summed E-state index contributed by atoms with van der Waals surface area (Å²) in [7, 11) is 0. The van der Waals surface area contributed by atoms with Crippen LogP contribution in [0.3, 0.4) is 0 Å². The monoisotopic (exact) mass is 434 g/mol. The fourth-order valence-corrected chi connectivity index (χ4v) is 3.58. The minimum Gasteiger partial charge on any atom is -0.494 e. The van der Waals surface area contributed by atoms with Crippen molar-refractivity contribution in [1.29, 1.82) is 0 Å². The number of aromatic nitrogens is 2. The van der Waals surface area contributed by atoms with Crippen molar-refractivity contribution in [2.45, 2.75) is 26.3 Å². The molecular weight excluding hydrogens is 412 g/mol. The van der Waals surface area contributed by atoms with E-state index < -0.39 is 0 Å². The molecule has 0 atom stereocenters. The molecule has 0 aliphatic carbocycles. The molecule has 0 saturated heterocycles. The lowest BCUT2D eigenvalue weighted by Crippen LogP contribution is -2.04. The fraction of sp³-hybridized carbons (Fsp3) is 0.208. The highest BCUT2D eigenvalue weighted by molar-refractivity contribution is 9.10. The second-order valence-corrected chi connectivity index (χ2v) is 7.87. The SMILES string of the molecule is Cc1ccc(OCCCCn2c(-c3ccc(Br)cc3)nc3ccccc32)cc1. The van der Waals surface area contributed by atoms with Gasteiger partial charge in [0.25, 0.3) is 0 Å². The van der Waals surface area contributed by atoms with E-state index in [1.165, 1.54) is 11.1 Å². The average molecular weight is 435 g/mol. The molecule has 0 radical (unpaired) electrons. The number of imidazole rings is 1. The molecule has 0 aliphatic heterocycles. The maximum atomic E-state index is 5.87. The molecule has 0 fully saturated rings. The van der Waals surface area contributed by atoms with Crippen LogP contribution in [0.4, 0.5) is 0 Å². The number of fused-ring (bicyclic) bond motifs is 1. The summed E-state index contributed by atoms with van der Waals surface area (Å²) in [5.74, 6) is 1.96. The van der Waals surface area contributed by atoms with Crippen LogP contribution < -0.4 is 4.74 Å². The predicted molar refractivity (Wildman–Crippen MR) is 119 cm³/mol. The van der Waals surface area contributed by atoms with Gasteiger partial charge in [-0.25, -0.2) is 4.98 Å². The first-order valence-electron chi connectivity index (χ1n) is 9.61. The second kappa shape index (κ2) is 8.61. The van der Waals surface area contributed by atoms with Crippen molar-refractivity contribution in [3.05, 3.63) is 82.8 Å². The van der Waals surface area contributed by atoms with Gasteiger partial charge in [-0.15, -0.1) is 0 Å². The van der Waals surface area contributed by atoms with E-state index in [9.17, 15) is 0 Å². The lowest BCUT2D eigenvalue weighted by Gasteiger charge is -2.10. The molecule has 4 aromatic rings. The molecule has 0 amide bonds. The number of aryl methyl sites for hydroxylation is 2. The van der Waals surface area contributed by atoms with Crippen molar-refractivity contribution in [2.24, 2.45) is 0 Å². The van der Waals surface area contributed by atoms with Gasteiger partial charge in [0.1, 0.15) is 11.6 Å². The lowest BCUT2D eigenvalue weighted by atomic mass is 10.2. The van der Waals surface area contributed by atoms with E-state index in [1.807, 2.05) is 18.2 Å². The summed E-state index contributed by atoms with van der Waals surface area (Å²) in [6, 6.07) is 24.9. The van der Waals surface area contributed by atoms with Gasteiger partial charge in [-0.2, -0.15) is 0 Å². The number of rotatable bonds is 7. The Labute approximate surface area is 174 Å². The number of hydrogen-bond acceptors (Lipinski definition) is 2. The van der Waals surface area contributed by atoms with Gasteiger partial charge in [-0.3, -0.25) is 0 Å². The van der Waals surface area contributed by atoms with Crippen molar-refractivity contribution in [2.75, 3.05) is 6.61 Å². The van der Waals surface area contributed by atoms with Crippen molar-refractivity contribution in [3.63, 3.8) is 0 Å². The highest BCUT2D eigenvalue weighted by atomic mass is 79.9. The maximum Gasteiger partial charge on any atom is 0.141 e. The first-order valence-corrected chi connectivity index (χ1v) is 10.4. The summed E-state index contributed by atoms with van der Waals surface area (Å²) in [5.41, 5.74) is 4.60. The highest BCUT2D eigenvalue weighted by Gasteiger charge is 2.12. The molecule has 0 spiro atoms. The molecule has 4 rings (SSSR count). The average Bonchev–Trinajstić information content (AvgIpc) is 3.08. The zero-order valence-corrected chi connectivity index (χ0v) is 17.5. The smallest absolute Gasteiger partial charge is 0.141 e. The molecule has 0 aliphatic rings. The summed E-state index contributed by atoms with van der Waals surface area (Å²) in [4.78, 5) is 4.88. The van der Waals surface area contributed by atoms with Crippen molar-refractivity contribution < 1.29 is 4.74 Å². The van der Waals surface area contributed by atoms with Gasteiger partial charge in [-0.05, 0) is 56.2 Å². The zero-order valence-electron chi connectivity index (χ0n) is 15.9. The maximum absolute atomic E-state index is 5.87. The number of halogens is 1. The molecule has 0 unspecified atom stereocenters. The Bertz CT molecular complexity index is 1050. The molecule has 142 valence electrons. The van der Waals surface area contributed by atoms with E-state index in [0.29, 0.717) is 0 Å². The Balaban J connectivity index is 1.45. The summed E-state index contributed by atoms with van der Waals surface area (Å²) < 4.78 is 9.27.